The summed E-state index contributed by atoms with van der Waals surface area (Å²) in [5, 5.41) is 0. The summed E-state index contributed by atoms with van der Waals surface area (Å²) in [7, 11) is 0. The van der Waals surface area contributed by atoms with Crippen LogP contribution in [0, 0.1) is 20.8 Å². The number of hydrogen-bond acceptors (Lipinski definition) is 3. The Bertz CT molecular complexity index is 788. The van der Waals surface area contributed by atoms with Crippen LogP contribution in [0.3, 0.4) is 0 Å². The third kappa shape index (κ3) is 3.81. The molecule has 0 atom stereocenters. The summed E-state index contributed by atoms with van der Waals surface area (Å²) in [6.07, 6.45) is 0.731. The molecule has 2 aromatic carbocycles. The molecular formula is C20H21NO2. The van der Waals surface area contributed by atoms with Crippen molar-refractivity contribution < 1.29 is 9.15 Å². The van der Waals surface area contributed by atoms with E-state index < -0.39 is 0 Å². The molecule has 0 spiro atoms. The molecule has 3 aromatic rings. The van der Waals surface area contributed by atoms with E-state index in [1.807, 2.05) is 37.3 Å². The summed E-state index contributed by atoms with van der Waals surface area (Å²) in [6, 6.07) is 16.3. The van der Waals surface area contributed by atoms with Crippen LogP contribution in [0.4, 0.5) is 0 Å². The predicted octanol–water partition coefficient (Wildman–Crippen LogP) is 4.89. The summed E-state index contributed by atoms with van der Waals surface area (Å²) in [5.74, 6) is 2.42. The third-order valence-electron chi connectivity index (χ3n) is 3.79. The molecule has 0 bridgehead atoms. The Balaban J connectivity index is 1.66. The fourth-order valence-electron chi connectivity index (χ4n) is 2.45. The van der Waals surface area contributed by atoms with Gasteiger partial charge in [0.05, 0.1) is 12.3 Å². The highest BCUT2D eigenvalue weighted by Crippen LogP contribution is 2.22. The number of aromatic nitrogens is 1. The smallest absolute Gasteiger partial charge is 0.226 e. The van der Waals surface area contributed by atoms with Crippen LogP contribution >= 0.6 is 0 Å². The van der Waals surface area contributed by atoms with E-state index >= 15 is 0 Å². The van der Waals surface area contributed by atoms with E-state index in [1.54, 1.807) is 0 Å². The van der Waals surface area contributed by atoms with Gasteiger partial charge in [-0.15, -0.1) is 0 Å². The Morgan fingerprint density at radius 1 is 0.957 bits per heavy atom. The van der Waals surface area contributed by atoms with Crippen LogP contribution in [-0.4, -0.2) is 11.6 Å². The lowest BCUT2D eigenvalue weighted by atomic mass is 10.1. The number of aryl methyl sites for hydroxylation is 3. The Hall–Kier alpha value is -2.55. The molecule has 0 saturated heterocycles. The minimum atomic E-state index is 0.587. The second-order valence-corrected chi connectivity index (χ2v) is 5.80. The van der Waals surface area contributed by atoms with Crippen LogP contribution in [0.5, 0.6) is 5.75 Å². The fourth-order valence-corrected chi connectivity index (χ4v) is 2.45. The largest absolute Gasteiger partial charge is 0.493 e. The normalized spacial score (nSPS) is 10.7. The maximum atomic E-state index is 5.80. The molecule has 3 nitrogen and oxygen atoms in total. The van der Waals surface area contributed by atoms with Crippen LogP contribution in [0.25, 0.3) is 11.5 Å². The van der Waals surface area contributed by atoms with Gasteiger partial charge in [0.2, 0.25) is 5.89 Å². The van der Waals surface area contributed by atoms with E-state index in [0.717, 1.165) is 29.2 Å². The highest BCUT2D eigenvalue weighted by molar-refractivity contribution is 5.54. The lowest BCUT2D eigenvalue weighted by molar-refractivity contribution is 0.319. The van der Waals surface area contributed by atoms with Crippen molar-refractivity contribution in [2.75, 3.05) is 6.61 Å². The summed E-state index contributed by atoms with van der Waals surface area (Å²) in [6.45, 7) is 6.66. The van der Waals surface area contributed by atoms with Gasteiger partial charge in [0.1, 0.15) is 11.5 Å². The third-order valence-corrected chi connectivity index (χ3v) is 3.79. The standard InChI is InChI=1S/C20H21NO2/c1-14-7-9-17(10-8-14)20-21-19(16(3)23-20)11-12-22-18-6-4-5-15(2)13-18/h4-10,13H,11-12H2,1-3H3. The number of benzene rings is 2. The predicted molar refractivity (Wildman–Crippen MR) is 91.8 cm³/mol. The fraction of sp³-hybridized carbons (Fsp3) is 0.250. The second kappa shape index (κ2) is 6.69. The number of nitrogens with zero attached hydrogens (tertiary/aromatic N) is 1. The van der Waals surface area contributed by atoms with Crippen LogP contribution in [0.2, 0.25) is 0 Å². The van der Waals surface area contributed by atoms with Gasteiger partial charge in [0.15, 0.2) is 0 Å². The van der Waals surface area contributed by atoms with Crippen molar-refractivity contribution >= 4 is 0 Å². The summed E-state index contributed by atoms with van der Waals surface area (Å²) < 4.78 is 11.6. The zero-order valence-corrected chi connectivity index (χ0v) is 13.8. The van der Waals surface area contributed by atoms with E-state index in [4.69, 9.17) is 9.15 Å². The molecule has 0 fully saturated rings. The first-order valence-electron chi connectivity index (χ1n) is 7.84. The van der Waals surface area contributed by atoms with E-state index in [1.165, 1.54) is 11.1 Å². The molecule has 23 heavy (non-hydrogen) atoms. The molecule has 1 aromatic heterocycles. The lowest BCUT2D eigenvalue weighted by Crippen LogP contribution is -2.02. The Labute approximate surface area is 136 Å². The van der Waals surface area contributed by atoms with Gasteiger partial charge in [0, 0.05) is 12.0 Å². The first-order valence-corrected chi connectivity index (χ1v) is 7.84. The number of hydrogen-bond donors (Lipinski definition) is 0. The van der Waals surface area contributed by atoms with Gasteiger partial charge in [-0.05, 0) is 50.6 Å². The molecule has 0 aliphatic carbocycles. The maximum absolute atomic E-state index is 5.80. The first kappa shape index (κ1) is 15.3. The van der Waals surface area contributed by atoms with Crippen molar-refractivity contribution in [3.8, 4) is 17.2 Å². The molecule has 3 heteroatoms. The van der Waals surface area contributed by atoms with Gasteiger partial charge in [0.25, 0.3) is 0 Å². The van der Waals surface area contributed by atoms with Gasteiger partial charge >= 0.3 is 0 Å². The van der Waals surface area contributed by atoms with Gasteiger partial charge in [-0.3, -0.25) is 0 Å². The van der Waals surface area contributed by atoms with Gasteiger partial charge in [-0.2, -0.15) is 0 Å². The highest BCUT2D eigenvalue weighted by atomic mass is 16.5. The van der Waals surface area contributed by atoms with Gasteiger partial charge in [-0.1, -0.05) is 29.8 Å². The summed E-state index contributed by atoms with van der Waals surface area (Å²) >= 11 is 0. The van der Waals surface area contributed by atoms with Crippen LogP contribution in [0.15, 0.2) is 52.9 Å². The molecule has 0 radical (unpaired) electrons. The monoisotopic (exact) mass is 307 g/mol. The van der Waals surface area contributed by atoms with Crippen molar-refractivity contribution in [2.24, 2.45) is 0 Å². The molecule has 3 rings (SSSR count). The van der Waals surface area contributed by atoms with E-state index in [-0.39, 0.29) is 0 Å². The number of rotatable bonds is 5. The SMILES string of the molecule is Cc1ccc(-c2nc(CCOc3cccc(C)c3)c(C)o2)cc1. The van der Waals surface area contributed by atoms with Crippen molar-refractivity contribution in [2.45, 2.75) is 27.2 Å². The Morgan fingerprint density at radius 2 is 1.74 bits per heavy atom. The molecule has 0 aliphatic heterocycles. The number of oxazole rings is 1. The Morgan fingerprint density at radius 3 is 2.48 bits per heavy atom. The minimum absolute atomic E-state index is 0.587. The van der Waals surface area contributed by atoms with Crippen LogP contribution < -0.4 is 4.74 Å². The average Bonchev–Trinajstić information content (AvgIpc) is 2.89. The highest BCUT2D eigenvalue weighted by Gasteiger charge is 2.11. The molecule has 0 aliphatic rings. The molecule has 1 heterocycles. The average molecular weight is 307 g/mol. The van der Waals surface area contributed by atoms with Crippen molar-refractivity contribution in [1.29, 1.82) is 0 Å². The van der Waals surface area contributed by atoms with E-state index in [2.05, 4.69) is 37.0 Å². The summed E-state index contributed by atoms with van der Waals surface area (Å²) in [5.41, 5.74) is 4.38. The molecule has 0 saturated carbocycles. The van der Waals surface area contributed by atoms with Crippen LogP contribution in [-0.2, 0) is 6.42 Å². The van der Waals surface area contributed by atoms with Gasteiger partial charge < -0.3 is 9.15 Å². The van der Waals surface area contributed by atoms with E-state index in [9.17, 15) is 0 Å². The number of ether oxygens (including phenoxy) is 1. The topological polar surface area (TPSA) is 35.3 Å². The van der Waals surface area contributed by atoms with E-state index in [0.29, 0.717) is 12.5 Å². The van der Waals surface area contributed by atoms with Crippen molar-refractivity contribution in [1.82, 2.24) is 4.98 Å². The zero-order valence-electron chi connectivity index (χ0n) is 13.8. The quantitative estimate of drug-likeness (QED) is 0.673. The first-order chi connectivity index (χ1) is 11.1. The maximum Gasteiger partial charge on any atom is 0.226 e. The lowest BCUT2D eigenvalue weighted by Gasteiger charge is -2.05. The molecular weight excluding hydrogens is 286 g/mol. The molecule has 0 amide bonds. The molecule has 0 N–H and O–H groups in total. The molecule has 0 unspecified atom stereocenters. The summed E-state index contributed by atoms with van der Waals surface area (Å²) in [4.78, 5) is 4.61. The van der Waals surface area contributed by atoms with Crippen LogP contribution in [0.1, 0.15) is 22.6 Å². The van der Waals surface area contributed by atoms with Gasteiger partial charge in [-0.25, -0.2) is 4.98 Å². The molecule has 118 valence electrons. The Kier molecular flexibility index (Phi) is 4.47. The van der Waals surface area contributed by atoms with Crippen molar-refractivity contribution in [3.63, 3.8) is 0 Å². The van der Waals surface area contributed by atoms with Crippen molar-refractivity contribution in [3.05, 3.63) is 71.1 Å². The minimum Gasteiger partial charge on any atom is -0.493 e. The second-order valence-electron chi connectivity index (χ2n) is 5.80. The zero-order chi connectivity index (χ0) is 16.2.